The Morgan fingerprint density at radius 2 is 2.18 bits per heavy atom. The lowest BCUT2D eigenvalue weighted by atomic mass is 10.2. The molecule has 0 aromatic heterocycles. The molecule has 0 bridgehead atoms. The molecule has 0 saturated heterocycles. The van der Waals surface area contributed by atoms with Gasteiger partial charge in [0.05, 0.1) is 18.6 Å². The van der Waals surface area contributed by atoms with Crippen molar-refractivity contribution >= 4 is 21.4 Å². The number of hydrogen-bond acceptors (Lipinski definition) is 4. The van der Waals surface area contributed by atoms with Gasteiger partial charge in [-0.05, 0) is 30.9 Å². The summed E-state index contributed by atoms with van der Waals surface area (Å²) in [7, 11) is -3.31. The van der Waals surface area contributed by atoms with Gasteiger partial charge >= 0.3 is 0 Å². The molecule has 1 aliphatic rings. The Morgan fingerprint density at radius 1 is 1.47 bits per heavy atom. The minimum atomic E-state index is -3.31. The van der Waals surface area contributed by atoms with Gasteiger partial charge in [0.2, 0.25) is 10.0 Å². The summed E-state index contributed by atoms with van der Waals surface area (Å²) in [6, 6.07) is 4.88. The number of nitrogens with one attached hydrogen (secondary N) is 1. The molecule has 0 aliphatic heterocycles. The zero-order valence-corrected chi connectivity index (χ0v) is 10.5. The SMILES string of the molecule is CS(=O)(=O)Nc1ccc(N)cc1OCC1CC1. The molecule has 0 heterocycles. The van der Waals surface area contributed by atoms with E-state index < -0.39 is 10.0 Å². The number of ether oxygens (including phenoxy) is 1. The third-order valence-electron chi connectivity index (χ3n) is 2.47. The first-order chi connectivity index (χ1) is 7.94. The fourth-order valence-corrected chi connectivity index (χ4v) is 2.00. The Kier molecular flexibility index (Phi) is 3.15. The summed E-state index contributed by atoms with van der Waals surface area (Å²) in [6.45, 7) is 0.613. The van der Waals surface area contributed by atoms with Crippen LogP contribution in [0.5, 0.6) is 5.75 Å². The van der Waals surface area contributed by atoms with E-state index in [2.05, 4.69) is 4.72 Å². The second-order valence-corrected chi connectivity index (χ2v) is 6.13. The molecular formula is C11H16N2O3S. The van der Waals surface area contributed by atoms with Crippen molar-refractivity contribution in [2.24, 2.45) is 5.92 Å². The zero-order valence-electron chi connectivity index (χ0n) is 9.64. The Balaban J connectivity index is 2.16. The molecule has 0 radical (unpaired) electrons. The van der Waals surface area contributed by atoms with Gasteiger partial charge in [0.15, 0.2) is 0 Å². The van der Waals surface area contributed by atoms with Crippen LogP contribution in [0, 0.1) is 5.92 Å². The maximum atomic E-state index is 11.2. The van der Waals surface area contributed by atoms with Gasteiger partial charge in [-0.2, -0.15) is 0 Å². The van der Waals surface area contributed by atoms with E-state index >= 15 is 0 Å². The van der Waals surface area contributed by atoms with E-state index in [-0.39, 0.29) is 0 Å². The normalized spacial score (nSPS) is 15.6. The predicted molar refractivity (Wildman–Crippen MR) is 67.5 cm³/mol. The van der Waals surface area contributed by atoms with E-state index in [1.165, 1.54) is 12.8 Å². The van der Waals surface area contributed by atoms with Crippen molar-refractivity contribution in [3.8, 4) is 5.75 Å². The van der Waals surface area contributed by atoms with Crippen molar-refractivity contribution in [1.29, 1.82) is 0 Å². The molecule has 1 saturated carbocycles. The van der Waals surface area contributed by atoms with Crippen molar-refractivity contribution in [1.82, 2.24) is 0 Å². The van der Waals surface area contributed by atoms with Gasteiger partial charge in [0, 0.05) is 11.8 Å². The Hall–Kier alpha value is -1.43. The van der Waals surface area contributed by atoms with Crippen molar-refractivity contribution in [2.45, 2.75) is 12.8 Å². The lowest BCUT2D eigenvalue weighted by Gasteiger charge is -2.12. The number of benzene rings is 1. The maximum Gasteiger partial charge on any atom is 0.229 e. The Labute approximate surface area is 101 Å². The van der Waals surface area contributed by atoms with Crippen LogP contribution in [0.2, 0.25) is 0 Å². The van der Waals surface area contributed by atoms with Crippen molar-refractivity contribution < 1.29 is 13.2 Å². The van der Waals surface area contributed by atoms with E-state index in [1.54, 1.807) is 18.2 Å². The summed E-state index contributed by atoms with van der Waals surface area (Å²) in [4.78, 5) is 0. The van der Waals surface area contributed by atoms with Crippen molar-refractivity contribution in [3.63, 3.8) is 0 Å². The number of nitrogen functional groups attached to an aromatic ring is 1. The van der Waals surface area contributed by atoms with Crippen LogP contribution in [0.3, 0.4) is 0 Å². The molecule has 1 fully saturated rings. The first-order valence-corrected chi connectivity index (χ1v) is 7.33. The molecule has 1 aromatic rings. The number of rotatable bonds is 5. The van der Waals surface area contributed by atoms with E-state index in [9.17, 15) is 8.42 Å². The summed E-state index contributed by atoms with van der Waals surface area (Å²) in [6.07, 6.45) is 3.46. The summed E-state index contributed by atoms with van der Waals surface area (Å²) in [5, 5.41) is 0. The maximum absolute atomic E-state index is 11.2. The van der Waals surface area contributed by atoms with Gasteiger partial charge in [-0.1, -0.05) is 0 Å². The topological polar surface area (TPSA) is 81.4 Å². The second kappa shape index (κ2) is 4.44. The highest BCUT2D eigenvalue weighted by atomic mass is 32.2. The van der Waals surface area contributed by atoms with Gasteiger partial charge in [-0.15, -0.1) is 0 Å². The van der Waals surface area contributed by atoms with E-state index in [0.29, 0.717) is 29.6 Å². The van der Waals surface area contributed by atoms with Crippen LogP contribution in [-0.4, -0.2) is 21.3 Å². The standard InChI is InChI=1S/C11H16N2O3S/c1-17(14,15)13-10-5-4-9(12)6-11(10)16-7-8-2-3-8/h4-6,8,13H,2-3,7,12H2,1H3. The van der Waals surface area contributed by atoms with E-state index in [1.807, 2.05) is 0 Å². The minimum absolute atomic E-state index is 0.433. The second-order valence-electron chi connectivity index (χ2n) is 4.38. The molecular weight excluding hydrogens is 240 g/mol. The molecule has 0 unspecified atom stereocenters. The number of anilines is 2. The van der Waals surface area contributed by atoms with Gasteiger partial charge in [-0.25, -0.2) is 8.42 Å². The Bertz CT molecular complexity index is 509. The summed E-state index contributed by atoms with van der Waals surface area (Å²) < 4.78 is 30.4. The molecule has 3 N–H and O–H groups in total. The molecule has 1 aromatic carbocycles. The fourth-order valence-electron chi connectivity index (χ4n) is 1.43. The van der Waals surface area contributed by atoms with Crippen LogP contribution in [-0.2, 0) is 10.0 Å². The van der Waals surface area contributed by atoms with E-state index in [0.717, 1.165) is 6.26 Å². The average molecular weight is 256 g/mol. The third kappa shape index (κ3) is 3.81. The highest BCUT2D eigenvalue weighted by Gasteiger charge is 2.22. The van der Waals surface area contributed by atoms with Crippen LogP contribution in [0.25, 0.3) is 0 Å². The number of hydrogen-bond donors (Lipinski definition) is 2. The highest BCUT2D eigenvalue weighted by Crippen LogP contribution is 2.33. The molecule has 6 heteroatoms. The van der Waals surface area contributed by atoms with Crippen LogP contribution < -0.4 is 15.2 Å². The first-order valence-electron chi connectivity index (χ1n) is 5.44. The molecule has 0 atom stereocenters. The number of sulfonamides is 1. The van der Waals surface area contributed by atoms with Crippen molar-refractivity contribution in [3.05, 3.63) is 18.2 Å². The fraction of sp³-hybridized carbons (Fsp3) is 0.455. The van der Waals surface area contributed by atoms with Crippen LogP contribution in [0.15, 0.2) is 18.2 Å². The minimum Gasteiger partial charge on any atom is -0.491 e. The van der Waals surface area contributed by atoms with Gasteiger partial charge in [0.1, 0.15) is 5.75 Å². The van der Waals surface area contributed by atoms with E-state index in [4.69, 9.17) is 10.5 Å². The number of nitrogens with two attached hydrogens (primary N) is 1. The zero-order chi connectivity index (χ0) is 12.5. The molecule has 17 heavy (non-hydrogen) atoms. The summed E-state index contributed by atoms with van der Waals surface area (Å²) >= 11 is 0. The van der Waals surface area contributed by atoms with Crippen molar-refractivity contribution in [2.75, 3.05) is 23.3 Å². The first kappa shape index (κ1) is 12.0. The lowest BCUT2D eigenvalue weighted by Crippen LogP contribution is -2.11. The Morgan fingerprint density at radius 3 is 2.76 bits per heavy atom. The molecule has 2 rings (SSSR count). The monoisotopic (exact) mass is 256 g/mol. The lowest BCUT2D eigenvalue weighted by molar-refractivity contribution is 0.301. The van der Waals surface area contributed by atoms with Gasteiger partial charge < -0.3 is 10.5 Å². The molecule has 0 spiro atoms. The van der Waals surface area contributed by atoms with Gasteiger partial charge in [0.25, 0.3) is 0 Å². The largest absolute Gasteiger partial charge is 0.491 e. The smallest absolute Gasteiger partial charge is 0.229 e. The highest BCUT2D eigenvalue weighted by molar-refractivity contribution is 7.92. The van der Waals surface area contributed by atoms with Crippen LogP contribution in [0.4, 0.5) is 11.4 Å². The molecule has 94 valence electrons. The van der Waals surface area contributed by atoms with Crippen LogP contribution in [0.1, 0.15) is 12.8 Å². The van der Waals surface area contributed by atoms with Crippen LogP contribution >= 0.6 is 0 Å². The molecule has 0 amide bonds. The quantitative estimate of drug-likeness (QED) is 0.781. The average Bonchev–Trinajstić information content (AvgIpc) is 3.00. The van der Waals surface area contributed by atoms with Gasteiger partial charge in [-0.3, -0.25) is 4.72 Å². The predicted octanol–water partition coefficient (Wildman–Crippen LogP) is 1.43. The summed E-state index contributed by atoms with van der Waals surface area (Å²) in [5.41, 5.74) is 6.64. The molecule has 1 aliphatic carbocycles. The third-order valence-corrected chi connectivity index (χ3v) is 3.06. The summed E-state index contributed by atoms with van der Waals surface area (Å²) in [5.74, 6) is 1.09. The molecule has 5 nitrogen and oxygen atoms in total.